The Bertz CT molecular complexity index is 1470. The van der Waals surface area contributed by atoms with Gasteiger partial charge in [-0.1, -0.05) is 60.1 Å². The van der Waals surface area contributed by atoms with Crippen molar-refractivity contribution in [1.29, 1.82) is 0 Å². The van der Waals surface area contributed by atoms with Gasteiger partial charge in [-0.3, -0.25) is 9.59 Å². The number of carbonyl (C=O) groups is 3. The number of rotatable bonds is 10. The van der Waals surface area contributed by atoms with Crippen molar-refractivity contribution in [2.24, 2.45) is 5.73 Å². The van der Waals surface area contributed by atoms with Gasteiger partial charge in [0.2, 0.25) is 5.91 Å². The van der Waals surface area contributed by atoms with Crippen LogP contribution in [0.25, 0.3) is 11.1 Å². The number of carbonyl (C=O) groups excluding carboxylic acids is 2. The van der Waals surface area contributed by atoms with Crippen molar-refractivity contribution in [3.05, 3.63) is 124 Å². The zero-order valence-corrected chi connectivity index (χ0v) is 21.1. The monoisotopic (exact) mass is 528 g/mol. The smallest absolute Gasteiger partial charge is 0.335 e. The number of ether oxygens (including phenoxy) is 1. The Morgan fingerprint density at radius 2 is 1.50 bits per heavy atom. The second-order valence-electron chi connectivity index (χ2n) is 8.58. The van der Waals surface area contributed by atoms with E-state index in [0.717, 1.165) is 22.3 Å². The summed E-state index contributed by atoms with van der Waals surface area (Å²) in [4.78, 5) is 35.4. The molecule has 192 valence electrons. The zero-order valence-electron chi connectivity index (χ0n) is 20.3. The number of primary amides is 1. The fourth-order valence-corrected chi connectivity index (χ4v) is 4.04. The molecule has 2 amide bonds. The summed E-state index contributed by atoms with van der Waals surface area (Å²) in [6.07, 6.45) is 0.612. The largest absolute Gasteiger partial charge is 0.488 e. The number of hydrogen-bond donors (Lipinski definition) is 3. The maximum atomic E-state index is 12.9. The number of benzene rings is 4. The van der Waals surface area contributed by atoms with Gasteiger partial charge in [-0.15, -0.1) is 0 Å². The highest BCUT2D eigenvalue weighted by atomic mass is 35.5. The maximum absolute atomic E-state index is 12.9. The topological polar surface area (TPSA) is 119 Å². The molecule has 0 saturated carbocycles. The lowest BCUT2D eigenvalue weighted by atomic mass is 10.0. The van der Waals surface area contributed by atoms with Crippen molar-refractivity contribution in [2.45, 2.75) is 13.0 Å². The Morgan fingerprint density at radius 1 is 0.816 bits per heavy atom. The van der Waals surface area contributed by atoms with E-state index in [1.807, 2.05) is 24.3 Å². The van der Waals surface area contributed by atoms with E-state index in [0.29, 0.717) is 34.9 Å². The first-order chi connectivity index (χ1) is 18.3. The van der Waals surface area contributed by atoms with E-state index in [2.05, 4.69) is 5.32 Å². The van der Waals surface area contributed by atoms with Gasteiger partial charge in [-0.25, -0.2) is 4.79 Å². The van der Waals surface area contributed by atoms with Gasteiger partial charge in [0.1, 0.15) is 12.4 Å². The lowest BCUT2D eigenvalue weighted by molar-refractivity contribution is 0.0696. The average molecular weight is 529 g/mol. The molecule has 0 radical (unpaired) electrons. The van der Waals surface area contributed by atoms with Crippen molar-refractivity contribution in [3.8, 4) is 16.9 Å². The van der Waals surface area contributed by atoms with Gasteiger partial charge in [0.05, 0.1) is 11.1 Å². The van der Waals surface area contributed by atoms with Gasteiger partial charge in [0.25, 0.3) is 5.91 Å². The third kappa shape index (κ3) is 6.78. The van der Waals surface area contributed by atoms with Gasteiger partial charge in [-0.05, 0) is 71.1 Å². The van der Waals surface area contributed by atoms with Gasteiger partial charge in [-0.2, -0.15) is 0 Å². The number of nitrogens with one attached hydrogen (secondary N) is 1. The fraction of sp³-hybridized carbons (Fsp3) is 0.100. The first-order valence-electron chi connectivity index (χ1n) is 11.8. The van der Waals surface area contributed by atoms with Crippen LogP contribution < -0.4 is 15.8 Å². The highest BCUT2D eigenvalue weighted by molar-refractivity contribution is 6.31. The Hall–Kier alpha value is -4.62. The van der Waals surface area contributed by atoms with Crippen molar-refractivity contribution in [1.82, 2.24) is 5.32 Å². The van der Waals surface area contributed by atoms with Crippen LogP contribution in [-0.4, -0.2) is 29.4 Å². The molecule has 0 aliphatic rings. The van der Waals surface area contributed by atoms with Gasteiger partial charge >= 0.3 is 5.97 Å². The summed E-state index contributed by atoms with van der Waals surface area (Å²) in [6, 6.07) is 26.2. The minimum absolute atomic E-state index is 0.147. The molecule has 0 bridgehead atoms. The van der Waals surface area contributed by atoms with Gasteiger partial charge < -0.3 is 20.9 Å². The summed E-state index contributed by atoms with van der Waals surface area (Å²) in [5.74, 6) is -1.43. The average Bonchev–Trinajstić information content (AvgIpc) is 2.93. The molecule has 7 nitrogen and oxygen atoms in total. The molecule has 0 aliphatic heterocycles. The molecule has 8 heteroatoms. The van der Waals surface area contributed by atoms with Gasteiger partial charge in [0.15, 0.2) is 0 Å². The number of nitrogens with two attached hydrogens (primary N) is 1. The first kappa shape index (κ1) is 26.4. The van der Waals surface area contributed by atoms with Crippen molar-refractivity contribution in [3.63, 3.8) is 0 Å². The van der Waals surface area contributed by atoms with Crippen LogP contribution in [0.4, 0.5) is 0 Å². The van der Waals surface area contributed by atoms with Crippen LogP contribution >= 0.6 is 11.6 Å². The highest BCUT2D eigenvalue weighted by Gasteiger charge is 2.14. The lowest BCUT2D eigenvalue weighted by Gasteiger charge is -2.13. The number of hydrogen-bond acceptors (Lipinski definition) is 4. The molecule has 4 N–H and O–H groups in total. The molecular weight excluding hydrogens is 504 g/mol. The minimum atomic E-state index is -0.958. The van der Waals surface area contributed by atoms with E-state index in [-0.39, 0.29) is 18.1 Å². The zero-order chi connectivity index (χ0) is 27.1. The SMILES string of the molecule is NC(=O)c1cccc(COc2ccc(Cl)cc2C(=O)NCCc2ccc(-c3ccc(C(=O)O)cc3)cc2)c1. The molecule has 0 aliphatic carbocycles. The Balaban J connectivity index is 1.35. The predicted octanol–water partition coefficient (Wildman–Crippen LogP) is 5.36. The molecule has 4 aromatic rings. The summed E-state index contributed by atoms with van der Waals surface area (Å²) < 4.78 is 5.87. The molecular formula is C30H25ClN2O5. The maximum Gasteiger partial charge on any atom is 0.335 e. The molecule has 4 aromatic carbocycles. The standard InChI is InChI=1S/C30H25ClN2O5/c31-25-12-13-27(38-18-20-2-1-3-24(16-20)28(32)34)26(17-25)29(35)33-15-14-19-4-6-21(7-5-19)22-8-10-23(11-9-22)30(36)37/h1-13,16-17H,14-15,18H2,(H2,32,34)(H,33,35)(H,36,37). The summed E-state index contributed by atoms with van der Waals surface area (Å²) in [5, 5.41) is 12.4. The van der Waals surface area contributed by atoms with E-state index in [4.69, 9.17) is 27.2 Å². The number of carboxylic acids is 1. The Morgan fingerprint density at radius 3 is 2.16 bits per heavy atom. The molecule has 38 heavy (non-hydrogen) atoms. The summed E-state index contributed by atoms with van der Waals surface area (Å²) in [7, 11) is 0. The van der Waals surface area contributed by atoms with Crippen LogP contribution in [0.3, 0.4) is 0 Å². The second-order valence-corrected chi connectivity index (χ2v) is 9.02. The molecule has 0 fully saturated rings. The van der Waals surface area contributed by atoms with Crippen LogP contribution in [0.1, 0.15) is 42.2 Å². The molecule has 0 unspecified atom stereocenters. The normalized spacial score (nSPS) is 10.6. The molecule has 0 spiro atoms. The van der Waals surface area contributed by atoms with Crippen LogP contribution in [0, 0.1) is 0 Å². The predicted molar refractivity (Wildman–Crippen MR) is 146 cm³/mol. The molecule has 4 rings (SSSR count). The lowest BCUT2D eigenvalue weighted by Crippen LogP contribution is -2.26. The van der Waals surface area contributed by atoms with E-state index < -0.39 is 11.9 Å². The van der Waals surface area contributed by atoms with Crippen LogP contribution in [0.5, 0.6) is 5.75 Å². The van der Waals surface area contributed by atoms with Gasteiger partial charge in [0, 0.05) is 17.1 Å². The number of amides is 2. The number of carboxylic acid groups (broad SMARTS) is 1. The third-order valence-electron chi connectivity index (χ3n) is 5.91. The first-order valence-corrected chi connectivity index (χ1v) is 12.2. The molecule has 0 aromatic heterocycles. The van der Waals surface area contributed by atoms with Crippen LogP contribution in [-0.2, 0) is 13.0 Å². The Labute approximate surface area is 224 Å². The Kier molecular flexibility index (Phi) is 8.40. The summed E-state index contributed by atoms with van der Waals surface area (Å²) in [6.45, 7) is 0.548. The highest BCUT2D eigenvalue weighted by Crippen LogP contribution is 2.24. The molecule has 0 saturated heterocycles. The minimum Gasteiger partial charge on any atom is -0.488 e. The van der Waals surface area contributed by atoms with E-state index in [9.17, 15) is 14.4 Å². The van der Waals surface area contributed by atoms with Crippen molar-refractivity contribution in [2.75, 3.05) is 6.54 Å². The quantitative estimate of drug-likeness (QED) is 0.256. The number of aromatic carboxylic acids is 1. The van der Waals surface area contributed by atoms with Crippen LogP contribution in [0.15, 0.2) is 91.0 Å². The number of halogens is 1. The second kappa shape index (κ2) is 12.1. The van der Waals surface area contributed by atoms with E-state index >= 15 is 0 Å². The van der Waals surface area contributed by atoms with E-state index in [1.54, 1.807) is 66.7 Å². The van der Waals surface area contributed by atoms with Crippen LogP contribution in [0.2, 0.25) is 5.02 Å². The molecule has 0 heterocycles. The van der Waals surface area contributed by atoms with Crippen molar-refractivity contribution >= 4 is 29.4 Å². The molecule has 0 atom stereocenters. The summed E-state index contributed by atoms with van der Waals surface area (Å²) in [5.41, 5.74) is 9.94. The fourth-order valence-electron chi connectivity index (χ4n) is 3.87. The van der Waals surface area contributed by atoms with Crippen molar-refractivity contribution < 1.29 is 24.2 Å². The van der Waals surface area contributed by atoms with E-state index in [1.165, 1.54) is 0 Å². The third-order valence-corrected chi connectivity index (χ3v) is 6.15. The summed E-state index contributed by atoms with van der Waals surface area (Å²) >= 11 is 6.14.